The molecule has 2 fully saturated rings. The first-order valence-corrected chi connectivity index (χ1v) is 8.00. The minimum Gasteiger partial charge on any atom is -0.338 e. The van der Waals surface area contributed by atoms with Crippen molar-refractivity contribution >= 4 is 5.91 Å². The van der Waals surface area contributed by atoms with Crippen LogP contribution in [0.25, 0.3) is 0 Å². The molecule has 3 nitrogen and oxygen atoms in total. The Labute approximate surface area is 129 Å². The third kappa shape index (κ3) is 2.74. The number of amides is 1. The molecule has 1 aromatic rings. The van der Waals surface area contributed by atoms with Crippen LogP contribution in [0.5, 0.6) is 0 Å². The molecular weight excluding hydrogens is 286 g/mol. The Hall–Kier alpha value is -1.49. The van der Waals surface area contributed by atoms with E-state index in [-0.39, 0.29) is 35.4 Å². The molecule has 2 aliphatic rings. The number of likely N-dealkylation sites (tertiary alicyclic amines) is 1. The van der Waals surface area contributed by atoms with Gasteiger partial charge in [0.05, 0.1) is 0 Å². The molecule has 4 unspecified atom stereocenters. The molecule has 1 aromatic carbocycles. The number of nitrogens with two attached hydrogens (primary N) is 1. The fraction of sp³-hybridized carbons (Fsp3) is 0.588. The molecule has 5 heteroatoms. The average molecular weight is 308 g/mol. The number of hydrogen-bond acceptors (Lipinski definition) is 2. The van der Waals surface area contributed by atoms with E-state index in [1.54, 1.807) is 0 Å². The minimum absolute atomic E-state index is 0.00894. The maximum absolute atomic E-state index is 13.8. The Morgan fingerprint density at radius 2 is 2.00 bits per heavy atom. The van der Waals surface area contributed by atoms with Gasteiger partial charge in [-0.1, -0.05) is 6.07 Å². The van der Waals surface area contributed by atoms with Crippen LogP contribution in [0.2, 0.25) is 0 Å². The first-order chi connectivity index (χ1) is 10.5. The highest BCUT2D eigenvalue weighted by atomic mass is 19.1. The fourth-order valence-electron chi connectivity index (χ4n) is 3.64. The summed E-state index contributed by atoms with van der Waals surface area (Å²) in [5.41, 5.74) is 6.06. The lowest BCUT2D eigenvalue weighted by Gasteiger charge is -2.38. The SMILES string of the molecule is CC(N)C1CCCCN1C(=O)C1CC1c1c(F)cccc1F. The summed E-state index contributed by atoms with van der Waals surface area (Å²) in [7, 11) is 0. The molecule has 1 amide bonds. The highest BCUT2D eigenvalue weighted by Crippen LogP contribution is 2.50. The third-order valence-electron chi connectivity index (χ3n) is 4.92. The van der Waals surface area contributed by atoms with Crippen LogP contribution in [0.1, 0.15) is 44.1 Å². The quantitative estimate of drug-likeness (QED) is 0.933. The van der Waals surface area contributed by atoms with Crippen molar-refractivity contribution in [3.05, 3.63) is 35.4 Å². The zero-order valence-corrected chi connectivity index (χ0v) is 12.8. The molecule has 1 aliphatic heterocycles. The zero-order chi connectivity index (χ0) is 15.9. The van der Waals surface area contributed by atoms with Crippen LogP contribution >= 0.6 is 0 Å². The van der Waals surface area contributed by atoms with Crippen molar-refractivity contribution in [1.29, 1.82) is 0 Å². The highest BCUT2D eigenvalue weighted by molar-refractivity contribution is 5.83. The van der Waals surface area contributed by atoms with E-state index in [1.807, 2.05) is 11.8 Å². The Kier molecular flexibility index (Phi) is 4.17. The molecule has 0 radical (unpaired) electrons. The van der Waals surface area contributed by atoms with E-state index in [1.165, 1.54) is 18.2 Å². The molecule has 2 N–H and O–H groups in total. The molecule has 4 atom stereocenters. The molecule has 1 saturated carbocycles. The van der Waals surface area contributed by atoms with E-state index >= 15 is 0 Å². The van der Waals surface area contributed by atoms with Gasteiger partial charge in [-0.15, -0.1) is 0 Å². The van der Waals surface area contributed by atoms with E-state index < -0.39 is 11.6 Å². The summed E-state index contributed by atoms with van der Waals surface area (Å²) in [5, 5.41) is 0. The molecule has 1 saturated heterocycles. The van der Waals surface area contributed by atoms with E-state index in [2.05, 4.69) is 0 Å². The molecule has 3 rings (SSSR count). The van der Waals surface area contributed by atoms with Gasteiger partial charge in [0, 0.05) is 36.0 Å². The van der Waals surface area contributed by atoms with E-state index in [0.717, 1.165) is 19.3 Å². The maximum Gasteiger partial charge on any atom is 0.226 e. The predicted molar refractivity (Wildman–Crippen MR) is 80.2 cm³/mol. The van der Waals surface area contributed by atoms with Crippen molar-refractivity contribution < 1.29 is 13.6 Å². The molecule has 0 aromatic heterocycles. The number of benzene rings is 1. The first-order valence-electron chi connectivity index (χ1n) is 8.00. The van der Waals surface area contributed by atoms with Gasteiger partial charge in [0.15, 0.2) is 0 Å². The van der Waals surface area contributed by atoms with Crippen molar-refractivity contribution in [2.75, 3.05) is 6.54 Å². The molecule has 0 spiro atoms. The molecule has 0 bridgehead atoms. The molecule has 120 valence electrons. The lowest BCUT2D eigenvalue weighted by molar-refractivity contribution is -0.136. The number of carbonyl (C=O) groups is 1. The second-order valence-corrected chi connectivity index (χ2v) is 6.54. The molecule has 1 aliphatic carbocycles. The van der Waals surface area contributed by atoms with Gasteiger partial charge in [0.1, 0.15) is 11.6 Å². The second-order valence-electron chi connectivity index (χ2n) is 6.54. The average Bonchev–Trinajstić information content (AvgIpc) is 3.26. The summed E-state index contributed by atoms with van der Waals surface area (Å²) in [6, 6.07) is 3.83. The normalized spacial score (nSPS) is 29.3. The van der Waals surface area contributed by atoms with Crippen LogP contribution in [-0.2, 0) is 4.79 Å². The summed E-state index contributed by atoms with van der Waals surface area (Å²) in [6.45, 7) is 2.62. The molecule has 1 heterocycles. The topological polar surface area (TPSA) is 46.3 Å². The number of rotatable bonds is 3. The summed E-state index contributed by atoms with van der Waals surface area (Å²) < 4.78 is 27.7. The van der Waals surface area contributed by atoms with Crippen molar-refractivity contribution in [2.24, 2.45) is 11.7 Å². The summed E-state index contributed by atoms with van der Waals surface area (Å²) in [5.74, 6) is -1.73. The number of hydrogen-bond donors (Lipinski definition) is 1. The summed E-state index contributed by atoms with van der Waals surface area (Å²) in [4.78, 5) is 14.6. The van der Waals surface area contributed by atoms with E-state index in [0.29, 0.717) is 13.0 Å². The van der Waals surface area contributed by atoms with Crippen molar-refractivity contribution in [3.63, 3.8) is 0 Å². The third-order valence-corrected chi connectivity index (χ3v) is 4.92. The molecular formula is C17H22F2N2O. The smallest absolute Gasteiger partial charge is 0.226 e. The van der Waals surface area contributed by atoms with Crippen molar-refractivity contribution in [3.8, 4) is 0 Å². The lowest BCUT2D eigenvalue weighted by atomic mass is 9.96. The van der Waals surface area contributed by atoms with Gasteiger partial charge in [0.2, 0.25) is 5.91 Å². The summed E-state index contributed by atoms with van der Waals surface area (Å²) >= 11 is 0. The number of piperidine rings is 1. The standard InChI is InChI=1S/C17H22F2N2O/c1-10(20)15-7-2-3-8-21(15)17(22)12-9-11(12)16-13(18)5-4-6-14(16)19/h4-6,10-12,15H,2-3,7-9,20H2,1H3. The Morgan fingerprint density at radius 3 is 2.64 bits per heavy atom. The largest absolute Gasteiger partial charge is 0.338 e. The van der Waals surface area contributed by atoms with Gasteiger partial charge in [-0.3, -0.25) is 4.79 Å². The van der Waals surface area contributed by atoms with Gasteiger partial charge >= 0.3 is 0 Å². The number of carbonyl (C=O) groups excluding carboxylic acids is 1. The lowest BCUT2D eigenvalue weighted by Crippen LogP contribution is -2.52. The predicted octanol–water partition coefficient (Wildman–Crippen LogP) is 2.80. The van der Waals surface area contributed by atoms with Crippen LogP contribution in [0.4, 0.5) is 8.78 Å². The van der Waals surface area contributed by atoms with E-state index in [4.69, 9.17) is 5.73 Å². The van der Waals surface area contributed by atoms with Gasteiger partial charge < -0.3 is 10.6 Å². The van der Waals surface area contributed by atoms with Crippen LogP contribution in [0, 0.1) is 17.6 Å². The van der Waals surface area contributed by atoms with Crippen molar-refractivity contribution in [2.45, 2.75) is 50.6 Å². The first kappa shape index (κ1) is 15.4. The van der Waals surface area contributed by atoms with E-state index in [9.17, 15) is 13.6 Å². The van der Waals surface area contributed by atoms with Crippen LogP contribution < -0.4 is 5.73 Å². The number of halogens is 2. The van der Waals surface area contributed by atoms with Gasteiger partial charge in [-0.05, 0) is 44.7 Å². The van der Waals surface area contributed by atoms with Gasteiger partial charge in [0.25, 0.3) is 0 Å². The Balaban J connectivity index is 1.75. The van der Waals surface area contributed by atoms with Crippen LogP contribution in [0.15, 0.2) is 18.2 Å². The Morgan fingerprint density at radius 1 is 1.32 bits per heavy atom. The monoisotopic (exact) mass is 308 g/mol. The Bertz CT molecular complexity index is 556. The van der Waals surface area contributed by atoms with Crippen molar-refractivity contribution in [1.82, 2.24) is 4.90 Å². The minimum atomic E-state index is -0.553. The fourth-order valence-corrected chi connectivity index (χ4v) is 3.64. The highest BCUT2D eigenvalue weighted by Gasteiger charge is 2.49. The summed E-state index contributed by atoms with van der Waals surface area (Å²) in [6.07, 6.45) is 3.49. The maximum atomic E-state index is 13.8. The van der Waals surface area contributed by atoms with Gasteiger partial charge in [-0.2, -0.15) is 0 Å². The zero-order valence-electron chi connectivity index (χ0n) is 12.8. The van der Waals surface area contributed by atoms with Crippen LogP contribution in [0.3, 0.4) is 0 Å². The second kappa shape index (κ2) is 5.95. The molecule has 22 heavy (non-hydrogen) atoms. The van der Waals surface area contributed by atoms with Gasteiger partial charge in [-0.25, -0.2) is 8.78 Å². The van der Waals surface area contributed by atoms with Crippen LogP contribution in [-0.4, -0.2) is 29.4 Å². The number of nitrogens with zero attached hydrogens (tertiary/aromatic N) is 1.